The first-order valence-electron chi connectivity index (χ1n) is 4.84. The number of ether oxygens (including phenoxy) is 1. The average molecular weight is 352 g/mol. The summed E-state index contributed by atoms with van der Waals surface area (Å²) in [6.07, 6.45) is -13.0. The van der Waals surface area contributed by atoms with E-state index in [-0.39, 0.29) is 0 Å². The molecular weight excluding hydrogens is 349 g/mol. The van der Waals surface area contributed by atoms with Gasteiger partial charge in [0.15, 0.2) is 0 Å². The normalized spacial score (nSPS) is 15.0. The molecule has 0 bridgehead atoms. The van der Waals surface area contributed by atoms with E-state index in [0.29, 0.717) is 12.3 Å². The summed E-state index contributed by atoms with van der Waals surface area (Å²) in [7, 11) is 0. The molecule has 0 unspecified atom stereocenters. The van der Waals surface area contributed by atoms with Gasteiger partial charge in [-0.25, -0.2) is 5.10 Å². The molecule has 0 atom stereocenters. The maximum atomic E-state index is 13.0. The summed E-state index contributed by atoms with van der Waals surface area (Å²) in [4.78, 5) is 0. The molecule has 0 aliphatic carbocycles. The van der Waals surface area contributed by atoms with E-state index < -0.39 is 35.9 Å². The smallest absolute Gasteiger partial charge is 0.410 e. The van der Waals surface area contributed by atoms with E-state index in [0.717, 1.165) is 0 Å². The second-order valence-electron chi connectivity index (χ2n) is 3.76. The molecule has 128 valence electrons. The van der Waals surface area contributed by atoms with Gasteiger partial charge in [-0.1, -0.05) is 0 Å². The highest BCUT2D eigenvalue weighted by molar-refractivity contribution is 5.09. The maximum Gasteiger partial charge on any atom is 0.472 e. The summed E-state index contributed by atoms with van der Waals surface area (Å²) < 4.78 is 141. The number of alkyl halides is 11. The number of rotatable bonds is 5. The molecule has 0 spiro atoms. The standard InChI is InChI=1S/C8H3F11N2O/c9-4(10,5(11,12)7(15,16)17)6(13,14)8(18,19)22-3-1-2-20-21-3/h1-2H,(H,20,21). The lowest BCUT2D eigenvalue weighted by Gasteiger charge is -2.36. The summed E-state index contributed by atoms with van der Waals surface area (Å²) >= 11 is 0. The van der Waals surface area contributed by atoms with E-state index in [1.807, 2.05) is 0 Å². The number of hydrogen-bond donors (Lipinski definition) is 1. The fourth-order valence-corrected chi connectivity index (χ4v) is 1.06. The lowest BCUT2D eigenvalue weighted by atomic mass is 10.0. The van der Waals surface area contributed by atoms with Gasteiger partial charge in [-0.2, -0.15) is 53.4 Å². The van der Waals surface area contributed by atoms with Crippen molar-refractivity contribution in [3.63, 3.8) is 0 Å². The lowest BCUT2D eigenvalue weighted by molar-refractivity contribution is -0.445. The minimum atomic E-state index is -7.50. The molecule has 1 N–H and O–H groups in total. The van der Waals surface area contributed by atoms with Gasteiger partial charge < -0.3 is 4.74 Å². The Morgan fingerprint density at radius 1 is 0.773 bits per heavy atom. The van der Waals surface area contributed by atoms with Crippen molar-refractivity contribution in [3.8, 4) is 5.88 Å². The van der Waals surface area contributed by atoms with Crippen LogP contribution in [0.2, 0.25) is 0 Å². The third-order valence-electron chi connectivity index (χ3n) is 2.22. The van der Waals surface area contributed by atoms with E-state index >= 15 is 0 Å². The highest BCUT2D eigenvalue weighted by Crippen LogP contribution is 2.57. The van der Waals surface area contributed by atoms with Gasteiger partial charge in [0.1, 0.15) is 0 Å². The van der Waals surface area contributed by atoms with E-state index in [1.54, 1.807) is 0 Å². The second-order valence-corrected chi connectivity index (χ2v) is 3.76. The Labute approximate surface area is 113 Å². The number of nitrogens with one attached hydrogen (secondary N) is 1. The minimum Gasteiger partial charge on any atom is -0.410 e. The number of hydrogen-bond acceptors (Lipinski definition) is 2. The van der Waals surface area contributed by atoms with Crippen LogP contribution < -0.4 is 4.74 Å². The summed E-state index contributed by atoms with van der Waals surface area (Å²) in [6, 6.07) is 0.407. The number of halogens is 11. The molecule has 0 saturated heterocycles. The molecule has 1 rings (SSSR count). The van der Waals surface area contributed by atoms with Gasteiger partial charge in [-0.05, 0) is 0 Å². The van der Waals surface area contributed by atoms with Crippen LogP contribution in [-0.2, 0) is 0 Å². The molecule has 14 heteroatoms. The molecule has 1 aromatic rings. The van der Waals surface area contributed by atoms with Crippen molar-refractivity contribution in [2.24, 2.45) is 0 Å². The Hall–Kier alpha value is -1.76. The van der Waals surface area contributed by atoms with E-state index in [2.05, 4.69) is 9.84 Å². The van der Waals surface area contributed by atoms with Crippen molar-refractivity contribution in [3.05, 3.63) is 12.3 Å². The summed E-state index contributed by atoms with van der Waals surface area (Å²) in [5.74, 6) is -23.5. The fourth-order valence-electron chi connectivity index (χ4n) is 1.06. The zero-order valence-corrected chi connectivity index (χ0v) is 9.67. The van der Waals surface area contributed by atoms with Gasteiger partial charge in [-0.3, -0.25) is 0 Å². The molecule has 0 fully saturated rings. The van der Waals surface area contributed by atoms with Crippen LogP contribution in [0.15, 0.2) is 12.3 Å². The SMILES string of the molecule is FC(F)(F)C(F)(F)C(F)(F)C(F)(F)C(F)(F)Oc1ccn[nH]1. The third kappa shape index (κ3) is 2.54. The van der Waals surface area contributed by atoms with Crippen molar-refractivity contribution in [1.82, 2.24) is 10.2 Å². The van der Waals surface area contributed by atoms with Crippen LogP contribution >= 0.6 is 0 Å². The second kappa shape index (κ2) is 4.87. The minimum absolute atomic E-state index is 0.407. The predicted molar refractivity (Wildman–Crippen MR) is 45.1 cm³/mol. The molecule has 1 aromatic heterocycles. The number of aromatic amines is 1. The van der Waals surface area contributed by atoms with Crippen LogP contribution in [0.5, 0.6) is 5.88 Å². The Bertz CT molecular complexity index is 507. The predicted octanol–water partition coefficient (Wildman–Crippen LogP) is 3.85. The van der Waals surface area contributed by atoms with Crippen LogP contribution in [0.3, 0.4) is 0 Å². The zero-order valence-electron chi connectivity index (χ0n) is 9.67. The van der Waals surface area contributed by atoms with Gasteiger partial charge in [0, 0.05) is 6.07 Å². The molecule has 0 amide bonds. The molecule has 0 saturated carbocycles. The molecule has 22 heavy (non-hydrogen) atoms. The van der Waals surface area contributed by atoms with E-state index in [1.165, 1.54) is 5.10 Å². The number of aromatic nitrogens is 2. The third-order valence-corrected chi connectivity index (χ3v) is 2.22. The number of nitrogens with zero attached hydrogens (tertiary/aromatic N) is 1. The van der Waals surface area contributed by atoms with Crippen molar-refractivity contribution in [1.29, 1.82) is 0 Å². The zero-order chi connectivity index (χ0) is 17.6. The lowest BCUT2D eigenvalue weighted by Crippen LogP contribution is -2.67. The quantitative estimate of drug-likeness (QED) is 0.818. The molecular formula is C8H3F11N2O. The summed E-state index contributed by atoms with van der Waals surface area (Å²) in [5, 5.41) is 4.34. The fraction of sp³-hybridized carbons (Fsp3) is 0.625. The Morgan fingerprint density at radius 2 is 1.27 bits per heavy atom. The Balaban J connectivity index is 3.25. The summed E-state index contributed by atoms with van der Waals surface area (Å²) in [5.41, 5.74) is 0. The highest BCUT2D eigenvalue weighted by atomic mass is 19.4. The van der Waals surface area contributed by atoms with Crippen LogP contribution in [0.4, 0.5) is 48.3 Å². The molecule has 0 radical (unpaired) electrons. The van der Waals surface area contributed by atoms with Gasteiger partial charge in [0.05, 0.1) is 6.20 Å². The van der Waals surface area contributed by atoms with Crippen molar-refractivity contribution < 1.29 is 53.0 Å². The largest absolute Gasteiger partial charge is 0.472 e. The first-order valence-corrected chi connectivity index (χ1v) is 4.84. The molecule has 3 nitrogen and oxygen atoms in total. The maximum absolute atomic E-state index is 13.0. The van der Waals surface area contributed by atoms with Crippen molar-refractivity contribution >= 4 is 0 Å². The topological polar surface area (TPSA) is 37.9 Å². The van der Waals surface area contributed by atoms with E-state index in [4.69, 9.17) is 0 Å². The highest BCUT2D eigenvalue weighted by Gasteiger charge is 2.88. The van der Waals surface area contributed by atoms with Crippen LogP contribution in [0, 0.1) is 0 Å². The van der Waals surface area contributed by atoms with Gasteiger partial charge in [0.25, 0.3) is 0 Å². The van der Waals surface area contributed by atoms with Crippen LogP contribution in [0.25, 0.3) is 0 Å². The molecule has 1 heterocycles. The Morgan fingerprint density at radius 3 is 1.64 bits per heavy atom. The summed E-state index contributed by atoms with van der Waals surface area (Å²) in [6.45, 7) is 0. The molecule has 0 aromatic carbocycles. The first-order chi connectivity index (χ1) is 9.58. The average Bonchev–Trinajstić information content (AvgIpc) is 2.78. The molecule has 0 aliphatic rings. The van der Waals surface area contributed by atoms with Gasteiger partial charge in [0.2, 0.25) is 5.88 Å². The monoisotopic (exact) mass is 352 g/mol. The van der Waals surface area contributed by atoms with Gasteiger partial charge >= 0.3 is 30.1 Å². The van der Waals surface area contributed by atoms with E-state index in [9.17, 15) is 48.3 Å². The first kappa shape index (κ1) is 18.3. The molecule has 0 aliphatic heterocycles. The number of H-pyrrole nitrogens is 1. The van der Waals surface area contributed by atoms with Crippen LogP contribution in [0.1, 0.15) is 0 Å². The van der Waals surface area contributed by atoms with Crippen molar-refractivity contribution in [2.75, 3.05) is 0 Å². The Kier molecular flexibility index (Phi) is 4.05. The van der Waals surface area contributed by atoms with Gasteiger partial charge in [-0.15, -0.1) is 0 Å². The van der Waals surface area contributed by atoms with Crippen molar-refractivity contribution in [2.45, 2.75) is 30.1 Å². The van der Waals surface area contributed by atoms with Crippen LogP contribution in [-0.4, -0.2) is 40.2 Å².